The Morgan fingerprint density at radius 1 is 1.07 bits per heavy atom. The van der Waals surface area contributed by atoms with E-state index in [2.05, 4.69) is 21.4 Å². The number of para-hydroxylation sites is 1. The Bertz CT molecular complexity index is 1230. The number of halogens is 1. The minimum Gasteiger partial charge on any atom is -0.508 e. The third-order valence-corrected chi connectivity index (χ3v) is 5.01. The highest BCUT2D eigenvalue weighted by atomic mass is 79.9. The van der Waals surface area contributed by atoms with Crippen LogP contribution < -0.4 is 11.0 Å². The number of phenols is 1. The number of aromatic nitrogens is 2. The van der Waals surface area contributed by atoms with Gasteiger partial charge in [-0.05, 0) is 43.3 Å². The molecule has 0 atom stereocenters. The minimum absolute atomic E-state index is 0.162. The highest BCUT2D eigenvalue weighted by molar-refractivity contribution is 9.10. The Labute approximate surface area is 170 Å². The van der Waals surface area contributed by atoms with Crippen molar-refractivity contribution in [2.24, 2.45) is 0 Å². The molecule has 28 heavy (non-hydrogen) atoms. The van der Waals surface area contributed by atoms with E-state index in [1.807, 2.05) is 55.5 Å². The van der Waals surface area contributed by atoms with Gasteiger partial charge in [-0.15, -0.1) is 0 Å². The van der Waals surface area contributed by atoms with E-state index in [-0.39, 0.29) is 17.9 Å². The van der Waals surface area contributed by atoms with E-state index in [1.165, 1.54) is 4.68 Å². The molecule has 0 amide bonds. The van der Waals surface area contributed by atoms with Crippen LogP contribution in [0.4, 0.5) is 0 Å². The molecule has 0 aliphatic heterocycles. The smallest absolute Gasteiger partial charge is 0.280 e. The van der Waals surface area contributed by atoms with Crippen molar-refractivity contribution in [1.82, 2.24) is 9.66 Å². The summed E-state index contributed by atoms with van der Waals surface area (Å²) < 4.78 is 2.31. The Morgan fingerprint density at radius 3 is 2.71 bits per heavy atom. The average Bonchev–Trinajstić information content (AvgIpc) is 2.69. The van der Waals surface area contributed by atoms with Gasteiger partial charge in [-0.3, -0.25) is 4.79 Å². The summed E-state index contributed by atoms with van der Waals surface area (Å²) in [4.78, 5) is 17.9. The Hall–Kier alpha value is -3.12. The van der Waals surface area contributed by atoms with Crippen LogP contribution in [0.2, 0.25) is 0 Å². The number of phenolic OH excluding ortho intramolecular Hbond substituents is 1. The van der Waals surface area contributed by atoms with Crippen molar-refractivity contribution in [2.75, 3.05) is 5.43 Å². The number of nitrogens with zero attached hydrogens (tertiary/aromatic N) is 2. The first kappa shape index (κ1) is 18.3. The number of fused-ring (bicyclic) bond motifs is 1. The van der Waals surface area contributed by atoms with E-state index < -0.39 is 0 Å². The average molecular weight is 436 g/mol. The van der Waals surface area contributed by atoms with Crippen LogP contribution in [-0.4, -0.2) is 14.8 Å². The van der Waals surface area contributed by atoms with Gasteiger partial charge in [0.1, 0.15) is 5.75 Å². The third-order valence-electron chi connectivity index (χ3n) is 4.52. The van der Waals surface area contributed by atoms with Crippen LogP contribution in [0, 0.1) is 6.92 Å². The second-order valence-corrected chi connectivity index (χ2v) is 7.49. The van der Waals surface area contributed by atoms with Gasteiger partial charge >= 0.3 is 0 Å². The molecule has 3 aromatic carbocycles. The topological polar surface area (TPSA) is 67.2 Å². The van der Waals surface area contributed by atoms with Gasteiger partial charge in [-0.25, -0.2) is 9.66 Å². The first-order chi connectivity index (χ1) is 13.5. The Balaban J connectivity index is 1.85. The quantitative estimate of drug-likeness (QED) is 0.492. The van der Waals surface area contributed by atoms with Crippen molar-refractivity contribution in [2.45, 2.75) is 13.5 Å². The van der Waals surface area contributed by atoms with Crippen LogP contribution in [0.5, 0.6) is 5.75 Å². The minimum atomic E-state index is -0.184. The second-order valence-electron chi connectivity index (χ2n) is 6.57. The number of aromatic hydroxyl groups is 1. The molecule has 0 aliphatic carbocycles. The highest BCUT2D eigenvalue weighted by Crippen LogP contribution is 2.23. The lowest BCUT2D eigenvalue weighted by atomic mass is 10.1. The van der Waals surface area contributed by atoms with Crippen LogP contribution in [0.15, 0.2) is 76.0 Å². The number of hydrogen-bond acceptors (Lipinski definition) is 4. The van der Waals surface area contributed by atoms with E-state index in [0.29, 0.717) is 22.3 Å². The fourth-order valence-electron chi connectivity index (χ4n) is 3.12. The summed E-state index contributed by atoms with van der Waals surface area (Å²) in [7, 11) is 0. The molecule has 2 N–H and O–H groups in total. The first-order valence-corrected chi connectivity index (χ1v) is 9.62. The van der Waals surface area contributed by atoms with Crippen molar-refractivity contribution in [3.05, 3.63) is 92.7 Å². The largest absolute Gasteiger partial charge is 0.508 e. The zero-order valence-corrected chi connectivity index (χ0v) is 16.8. The molecule has 4 rings (SSSR count). The summed E-state index contributed by atoms with van der Waals surface area (Å²) >= 11 is 3.41. The van der Waals surface area contributed by atoms with Gasteiger partial charge in [0.15, 0.2) is 5.82 Å². The van der Waals surface area contributed by atoms with E-state index >= 15 is 0 Å². The molecule has 0 bridgehead atoms. The van der Waals surface area contributed by atoms with E-state index in [1.54, 1.807) is 18.2 Å². The van der Waals surface area contributed by atoms with Crippen molar-refractivity contribution < 1.29 is 5.11 Å². The maximum Gasteiger partial charge on any atom is 0.280 e. The predicted molar refractivity (Wildman–Crippen MR) is 115 cm³/mol. The molecule has 140 valence electrons. The highest BCUT2D eigenvalue weighted by Gasteiger charge is 2.13. The number of aryl methyl sites for hydroxylation is 1. The molecular formula is C22H18BrN3O2. The standard InChI is InChI=1S/C22H18BrN3O2/c1-14-5-4-6-15(11-14)21-25-19-8-3-2-7-18(19)22(28)26(21)24-13-16-12-17(23)9-10-20(16)27/h2-12,24,27H,13H2,1H3. The van der Waals surface area contributed by atoms with Gasteiger partial charge in [0.25, 0.3) is 5.56 Å². The lowest BCUT2D eigenvalue weighted by Crippen LogP contribution is -2.31. The summed E-state index contributed by atoms with van der Waals surface area (Å²) in [5, 5.41) is 10.6. The number of nitrogens with one attached hydrogen (secondary N) is 1. The molecule has 0 saturated carbocycles. The van der Waals surface area contributed by atoms with Crippen molar-refractivity contribution in [3.8, 4) is 17.1 Å². The third kappa shape index (κ3) is 3.51. The van der Waals surface area contributed by atoms with Crippen molar-refractivity contribution in [1.29, 1.82) is 0 Å². The monoisotopic (exact) mass is 435 g/mol. The van der Waals surface area contributed by atoms with Gasteiger partial charge in [-0.2, -0.15) is 0 Å². The van der Waals surface area contributed by atoms with Gasteiger partial charge in [0.2, 0.25) is 0 Å². The lowest BCUT2D eigenvalue weighted by molar-refractivity contribution is 0.468. The number of rotatable bonds is 4. The van der Waals surface area contributed by atoms with Crippen molar-refractivity contribution >= 4 is 26.8 Å². The van der Waals surface area contributed by atoms with Crippen LogP contribution in [0.3, 0.4) is 0 Å². The molecule has 5 nitrogen and oxygen atoms in total. The summed E-state index contributed by atoms with van der Waals surface area (Å²) in [5.41, 5.74) is 6.19. The van der Waals surface area contributed by atoms with Crippen LogP contribution in [0.1, 0.15) is 11.1 Å². The second kappa shape index (κ2) is 7.48. The number of hydrogen-bond donors (Lipinski definition) is 2. The zero-order valence-electron chi connectivity index (χ0n) is 15.2. The molecule has 0 saturated heterocycles. The molecule has 4 aromatic rings. The van der Waals surface area contributed by atoms with E-state index in [0.717, 1.165) is 15.6 Å². The molecule has 0 unspecified atom stereocenters. The molecule has 6 heteroatoms. The van der Waals surface area contributed by atoms with E-state index in [9.17, 15) is 9.90 Å². The van der Waals surface area contributed by atoms with Gasteiger partial charge in [0, 0.05) is 15.6 Å². The molecule has 0 aliphatic rings. The molecular weight excluding hydrogens is 418 g/mol. The lowest BCUT2D eigenvalue weighted by Gasteiger charge is -2.16. The maximum absolute atomic E-state index is 13.2. The van der Waals surface area contributed by atoms with Gasteiger partial charge in [-0.1, -0.05) is 51.8 Å². The van der Waals surface area contributed by atoms with Gasteiger partial charge < -0.3 is 10.5 Å². The molecule has 1 aromatic heterocycles. The van der Waals surface area contributed by atoms with Crippen molar-refractivity contribution in [3.63, 3.8) is 0 Å². The fourth-order valence-corrected chi connectivity index (χ4v) is 3.53. The summed E-state index contributed by atoms with van der Waals surface area (Å²) in [5.74, 6) is 0.691. The van der Waals surface area contributed by atoms with Crippen LogP contribution in [0.25, 0.3) is 22.3 Å². The molecule has 1 heterocycles. The number of benzene rings is 3. The summed E-state index contributed by atoms with van der Waals surface area (Å²) in [6.45, 7) is 2.27. The summed E-state index contributed by atoms with van der Waals surface area (Å²) in [6.07, 6.45) is 0. The summed E-state index contributed by atoms with van der Waals surface area (Å²) in [6, 6.07) is 20.3. The normalized spacial score (nSPS) is 10.9. The SMILES string of the molecule is Cc1cccc(-c2nc3ccccc3c(=O)n2NCc2cc(Br)ccc2O)c1. The predicted octanol–water partition coefficient (Wildman–Crippen LogP) is 4.58. The molecule has 0 fully saturated rings. The maximum atomic E-state index is 13.2. The first-order valence-electron chi connectivity index (χ1n) is 8.83. The van der Waals surface area contributed by atoms with Gasteiger partial charge in [0.05, 0.1) is 17.4 Å². The Morgan fingerprint density at radius 2 is 1.89 bits per heavy atom. The van der Waals surface area contributed by atoms with Crippen LogP contribution >= 0.6 is 15.9 Å². The van der Waals surface area contributed by atoms with E-state index in [4.69, 9.17) is 4.98 Å². The Kier molecular flexibility index (Phi) is 4.88. The van der Waals surface area contributed by atoms with Crippen LogP contribution in [-0.2, 0) is 6.54 Å². The zero-order chi connectivity index (χ0) is 19.7. The molecule has 0 radical (unpaired) electrons. The molecule has 0 spiro atoms. The fraction of sp³-hybridized carbons (Fsp3) is 0.0909.